The van der Waals surface area contributed by atoms with E-state index in [-0.39, 0.29) is 0 Å². The van der Waals surface area contributed by atoms with Crippen molar-refractivity contribution in [2.45, 2.75) is 6.92 Å². The first-order valence-electron chi connectivity index (χ1n) is 15.9. The number of aryl methyl sites for hydroxylation is 1. The second-order valence-corrected chi connectivity index (χ2v) is 12.4. The lowest BCUT2D eigenvalue weighted by Crippen LogP contribution is -1.97. The molecule has 0 saturated carbocycles. The first-order chi connectivity index (χ1) is 22.7. The molecule has 0 aliphatic carbocycles. The molecule has 9 aromatic carbocycles. The lowest BCUT2D eigenvalue weighted by atomic mass is 9.84. The summed E-state index contributed by atoms with van der Waals surface area (Å²) in [5.74, 6) is 0.989. The maximum Gasteiger partial charge on any atom is 0.111 e. The largest absolute Gasteiger partial charge is 0.297 e. The third kappa shape index (κ3) is 3.56. The normalized spacial score (nSPS) is 12.0. The molecule has 0 atom stereocenters. The fraction of sp³-hybridized carbons (Fsp3) is 0.0227. The Morgan fingerprint density at radius 2 is 0.935 bits per heavy atom. The van der Waals surface area contributed by atoms with E-state index < -0.39 is 0 Å². The highest BCUT2D eigenvalue weighted by atomic mass is 15.1. The molecule has 0 bridgehead atoms. The fourth-order valence-corrected chi connectivity index (χ4v) is 7.90. The van der Waals surface area contributed by atoms with Crippen LogP contribution in [0.1, 0.15) is 5.82 Å². The second-order valence-electron chi connectivity index (χ2n) is 12.4. The predicted octanol–water partition coefficient (Wildman–Crippen LogP) is 11.9. The molecular formula is C44H28N2. The number of nitrogens with zero attached hydrogens (tertiary/aromatic N) is 2. The Bertz CT molecular complexity index is 2680. The highest BCUT2D eigenvalue weighted by Crippen LogP contribution is 2.45. The molecular weight excluding hydrogens is 556 g/mol. The van der Waals surface area contributed by atoms with Crippen LogP contribution >= 0.6 is 0 Å². The SMILES string of the molecule is Cc1nc2ccccc2n1-c1ccc(-c2c3ccccc3c(-c3cc4ccc5cccc6ccc(c3)c4c56)c3ccccc23)cc1. The average molecular weight is 585 g/mol. The number of hydrogen-bond donors (Lipinski definition) is 0. The van der Waals surface area contributed by atoms with Gasteiger partial charge in [0.05, 0.1) is 11.0 Å². The van der Waals surface area contributed by atoms with Gasteiger partial charge in [-0.25, -0.2) is 4.98 Å². The van der Waals surface area contributed by atoms with E-state index in [1.165, 1.54) is 76.1 Å². The first-order valence-corrected chi connectivity index (χ1v) is 15.9. The zero-order valence-corrected chi connectivity index (χ0v) is 25.3. The molecule has 1 aromatic heterocycles. The maximum absolute atomic E-state index is 4.80. The van der Waals surface area contributed by atoms with Crippen LogP contribution in [0.25, 0.3) is 92.8 Å². The van der Waals surface area contributed by atoms with E-state index >= 15 is 0 Å². The summed E-state index contributed by atoms with van der Waals surface area (Å²) in [5.41, 5.74) is 8.28. The number of hydrogen-bond acceptors (Lipinski definition) is 1. The van der Waals surface area contributed by atoms with Gasteiger partial charge in [-0.1, -0.05) is 115 Å². The molecule has 0 aliphatic rings. The monoisotopic (exact) mass is 584 g/mol. The van der Waals surface area contributed by atoms with E-state index in [9.17, 15) is 0 Å². The van der Waals surface area contributed by atoms with E-state index in [1.807, 2.05) is 6.07 Å². The molecule has 0 amide bonds. The van der Waals surface area contributed by atoms with Crippen LogP contribution in [0, 0.1) is 6.92 Å². The van der Waals surface area contributed by atoms with Crippen LogP contribution < -0.4 is 0 Å². The first kappa shape index (κ1) is 25.3. The van der Waals surface area contributed by atoms with Crippen LogP contribution in [0.3, 0.4) is 0 Å². The fourth-order valence-electron chi connectivity index (χ4n) is 7.90. The standard InChI is InChI=1S/C44H28N2/c1-27-45-39-15-6-7-16-40(39)46(27)34-23-21-30(22-24-34)43-35-11-2-4-13-37(35)44(38-14-5-3-12-36(38)43)33-25-31-19-17-28-9-8-10-29-18-20-32(26-33)42(31)41(28)29/h2-26H,1H3. The van der Waals surface area contributed by atoms with Gasteiger partial charge >= 0.3 is 0 Å². The number of benzene rings is 9. The van der Waals surface area contributed by atoms with Crippen molar-refractivity contribution < 1.29 is 0 Å². The Balaban J connectivity index is 1.22. The molecule has 2 nitrogen and oxygen atoms in total. The molecule has 0 fully saturated rings. The summed E-state index contributed by atoms with van der Waals surface area (Å²) < 4.78 is 2.24. The molecule has 0 saturated heterocycles. The van der Waals surface area contributed by atoms with E-state index in [2.05, 4.69) is 157 Å². The molecule has 0 spiro atoms. The van der Waals surface area contributed by atoms with Gasteiger partial charge in [0.2, 0.25) is 0 Å². The molecule has 0 N–H and O–H groups in total. The average Bonchev–Trinajstić information content (AvgIpc) is 3.45. The van der Waals surface area contributed by atoms with Crippen LogP contribution in [0.15, 0.2) is 152 Å². The van der Waals surface area contributed by atoms with Crippen molar-refractivity contribution in [3.63, 3.8) is 0 Å². The molecule has 0 unspecified atom stereocenters. The Morgan fingerprint density at radius 3 is 1.54 bits per heavy atom. The molecule has 10 rings (SSSR count). The number of para-hydroxylation sites is 2. The van der Waals surface area contributed by atoms with Crippen molar-refractivity contribution in [1.29, 1.82) is 0 Å². The minimum absolute atomic E-state index is 0.989. The minimum atomic E-state index is 0.989. The lowest BCUT2D eigenvalue weighted by molar-refractivity contribution is 1.00. The summed E-state index contributed by atoms with van der Waals surface area (Å²) in [4.78, 5) is 4.80. The number of fused-ring (bicyclic) bond motifs is 3. The van der Waals surface area contributed by atoms with E-state index in [0.717, 1.165) is 22.5 Å². The third-order valence-corrected chi connectivity index (χ3v) is 9.83. The zero-order chi connectivity index (χ0) is 30.4. The quantitative estimate of drug-likeness (QED) is 0.149. The smallest absolute Gasteiger partial charge is 0.111 e. The van der Waals surface area contributed by atoms with Crippen molar-refractivity contribution in [1.82, 2.24) is 9.55 Å². The molecule has 214 valence electrons. The molecule has 10 aromatic rings. The molecule has 1 heterocycles. The Kier molecular flexibility index (Phi) is 5.24. The van der Waals surface area contributed by atoms with Crippen LogP contribution in [0.2, 0.25) is 0 Å². The van der Waals surface area contributed by atoms with Crippen molar-refractivity contribution in [3.8, 4) is 27.9 Å². The summed E-state index contributed by atoms with van der Waals surface area (Å²) in [6.45, 7) is 2.08. The Labute approximate surface area is 266 Å². The van der Waals surface area contributed by atoms with E-state index in [4.69, 9.17) is 4.98 Å². The minimum Gasteiger partial charge on any atom is -0.297 e. The van der Waals surface area contributed by atoms with Crippen LogP contribution in [-0.2, 0) is 0 Å². The maximum atomic E-state index is 4.80. The van der Waals surface area contributed by atoms with Crippen LogP contribution in [-0.4, -0.2) is 9.55 Å². The summed E-state index contributed by atoms with van der Waals surface area (Å²) in [6.07, 6.45) is 0. The lowest BCUT2D eigenvalue weighted by Gasteiger charge is -2.19. The predicted molar refractivity (Wildman–Crippen MR) is 195 cm³/mol. The Hall–Kier alpha value is -5.99. The Morgan fingerprint density at radius 1 is 0.435 bits per heavy atom. The van der Waals surface area contributed by atoms with Gasteiger partial charge in [-0.3, -0.25) is 4.57 Å². The summed E-state index contributed by atoms with van der Waals surface area (Å²) in [6, 6.07) is 55.7. The molecule has 0 radical (unpaired) electrons. The molecule has 2 heteroatoms. The van der Waals surface area contributed by atoms with Gasteiger partial charge < -0.3 is 0 Å². The topological polar surface area (TPSA) is 17.8 Å². The number of rotatable bonds is 3. The van der Waals surface area contributed by atoms with Gasteiger partial charge in [0.1, 0.15) is 5.82 Å². The zero-order valence-electron chi connectivity index (χ0n) is 25.3. The van der Waals surface area contributed by atoms with Gasteiger partial charge in [0.25, 0.3) is 0 Å². The molecule has 0 aliphatic heterocycles. The van der Waals surface area contributed by atoms with Crippen molar-refractivity contribution >= 4 is 64.9 Å². The molecule has 46 heavy (non-hydrogen) atoms. The number of imidazole rings is 1. The van der Waals surface area contributed by atoms with Crippen molar-refractivity contribution in [3.05, 3.63) is 157 Å². The van der Waals surface area contributed by atoms with Crippen LogP contribution in [0.4, 0.5) is 0 Å². The van der Waals surface area contributed by atoms with Crippen molar-refractivity contribution in [2.24, 2.45) is 0 Å². The summed E-state index contributed by atoms with van der Waals surface area (Å²) in [7, 11) is 0. The third-order valence-electron chi connectivity index (χ3n) is 9.83. The number of aromatic nitrogens is 2. The van der Waals surface area contributed by atoms with Gasteiger partial charge in [0.15, 0.2) is 0 Å². The summed E-state index contributed by atoms with van der Waals surface area (Å²) in [5, 5.41) is 12.9. The van der Waals surface area contributed by atoms with E-state index in [0.29, 0.717) is 0 Å². The second kappa shape index (κ2) is 9.50. The van der Waals surface area contributed by atoms with E-state index in [1.54, 1.807) is 0 Å². The highest BCUT2D eigenvalue weighted by Gasteiger charge is 2.18. The van der Waals surface area contributed by atoms with Crippen LogP contribution in [0.5, 0.6) is 0 Å². The van der Waals surface area contributed by atoms with Gasteiger partial charge in [0, 0.05) is 5.69 Å². The summed E-state index contributed by atoms with van der Waals surface area (Å²) >= 11 is 0. The van der Waals surface area contributed by atoms with Gasteiger partial charge in [-0.05, 0) is 119 Å². The van der Waals surface area contributed by atoms with Gasteiger partial charge in [-0.15, -0.1) is 0 Å². The highest BCUT2D eigenvalue weighted by molar-refractivity contribution is 6.26. The van der Waals surface area contributed by atoms with Gasteiger partial charge in [-0.2, -0.15) is 0 Å². The van der Waals surface area contributed by atoms with Crippen molar-refractivity contribution in [2.75, 3.05) is 0 Å².